The van der Waals surface area contributed by atoms with Crippen molar-refractivity contribution in [3.05, 3.63) is 0 Å². The molecule has 0 amide bonds. The predicted octanol–water partition coefficient (Wildman–Crippen LogP) is 1.08. The molecule has 124 heavy (non-hydrogen) atoms. The molecule has 0 saturated carbocycles. The van der Waals surface area contributed by atoms with Crippen LogP contribution in [0.2, 0.25) is 0 Å². The molecule has 6 aliphatic heterocycles. The third-order valence-electron chi connectivity index (χ3n) is 21.5. The van der Waals surface area contributed by atoms with E-state index in [1.165, 1.54) is 7.11 Å². The molecule has 45 nitrogen and oxygen atoms in total. The van der Waals surface area contributed by atoms with Crippen LogP contribution in [0.4, 0.5) is 0 Å². The summed E-state index contributed by atoms with van der Waals surface area (Å²) in [4.78, 5) is 103. The molecular formula is C74H132O45P5-5. The van der Waals surface area contributed by atoms with E-state index in [9.17, 15) is 108 Å². The van der Waals surface area contributed by atoms with Crippen molar-refractivity contribution >= 4 is 56.5 Å². The number of phosphoric ester groups is 5. The molecule has 6 saturated heterocycles. The Morgan fingerprint density at radius 3 is 0.919 bits per heavy atom. The Morgan fingerprint density at radius 2 is 0.589 bits per heavy atom. The standard InChI is InChI=1S/C74H137O45P5/c1-48-58(39-75)114-72(49(2)67(48)82)101-43-52(79)24-15-10-7-13-19-29-99-65-37-56(118-123(93,94)106-31-21-27-97-5)62(112-65)46-109-121(89,90)105-33-23-35-108-124(95,96)119-57-38-66(100-30-20-14-8-11-17-26-54(81)45-103-74-51(4)69(84)71(86)61(42-78)116-74)113-63(57)47-110-120(87,88)104-32-22-34-107-122(91,92)117-55-36-64(111-59(55)40-76)98-28-18-12-6-9-16-25-53(80)44-102-73-50(3)68(83)70(85)60(41-77)115-73/h48-51,55-78,82-86H,6-47H2,1-5H3,(H,87,88)(H,89,90)(H,91,92)(H,93,94)(H,95,96)/p-5/t48-,49?,50?,51?,55?,56+,57+,58?,59+,60?,61?,62?,63?,64-,65-,66-,67-,68+,69+,70-,71-,72+,73+,74+/m0/s1. The van der Waals surface area contributed by atoms with Crippen LogP contribution in [-0.2, 0) is 144 Å². The van der Waals surface area contributed by atoms with E-state index in [4.69, 9.17) is 107 Å². The molecule has 6 rings (SSSR count). The van der Waals surface area contributed by atoms with E-state index in [0.29, 0.717) is 83.5 Å². The normalized spacial score (nSPS) is 33.0. The maximum atomic E-state index is 13.3. The van der Waals surface area contributed by atoms with Crippen LogP contribution >= 0.6 is 39.1 Å². The molecule has 6 fully saturated rings. The Bertz CT molecular complexity index is 3240. The van der Waals surface area contributed by atoms with Gasteiger partial charge in [0, 0.05) is 95.7 Å². The van der Waals surface area contributed by atoms with E-state index < -0.39 is 246 Å². The van der Waals surface area contributed by atoms with E-state index >= 15 is 0 Å². The second-order valence-corrected chi connectivity index (χ2v) is 38.4. The molecule has 0 aromatic rings. The second kappa shape index (κ2) is 58.1. The van der Waals surface area contributed by atoms with Gasteiger partial charge in [-0.15, -0.1) is 0 Å². The minimum Gasteiger partial charge on any atom is -0.756 e. The first-order chi connectivity index (χ1) is 58.9. The maximum Gasteiger partial charge on any atom is 0.268 e. The molecule has 0 bridgehead atoms. The summed E-state index contributed by atoms with van der Waals surface area (Å²) >= 11 is 0. The predicted molar refractivity (Wildman–Crippen MR) is 415 cm³/mol. The minimum absolute atomic E-state index is 0.0475. The summed E-state index contributed by atoms with van der Waals surface area (Å²) < 4.78 is 189. The number of carbonyl (C=O) groups is 3. The first-order valence-electron chi connectivity index (χ1n) is 42.5. The minimum atomic E-state index is -5.39. The average molecular weight is 1900 g/mol. The number of Topliss-reactive ketones (excluding diaryl/α,β-unsaturated/α-hetero) is 3. The van der Waals surface area contributed by atoms with Crippen LogP contribution in [0, 0.1) is 23.7 Å². The summed E-state index contributed by atoms with van der Waals surface area (Å²) in [7, 11) is -24.7. The Hall–Kier alpha value is -1.32. The molecule has 0 aliphatic carbocycles. The number of methoxy groups -OCH3 is 1. The van der Waals surface area contributed by atoms with E-state index in [1.807, 2.05) is 0 Å². The quantitative estimate of drug-likeness (QED) is 0.0304. The van der Waals surface area contributed by atoms with Gasteiger partial charge in [-0.25, -0.2) is 0 Å². The first kappa shape index (κ1) is 111. The number of rotatable bonds is 69. The number of hydrogen-bond acceptors (Lipinski definition) is 45. The fourth-order valence-electron chi connectivity index (χ4n) is 14.1. The lowest BCUT2D eigenvalue weighted by molar-refractivity contribution is -0.280. The summed E-state index contributed by atoms with van der Waals surface area (Å²) in [5.41, 5.74) is 0. The van der Waals surface area contributed by atoms with E-state index in [1.54, 1.807) is 27.7 Å². The van der Waals surface area contributed by atoms with Crippen LogP contribution < -0.4 is 24.5 Å². The van der Waals surface area contributed by atoms with Crippen molar-refractivity contribution in [3.63, 3.8) is 0 Å². The van der Waals surface area contributed by atoms with Gasteiger partial charge in [0.25, 0.3) is 39.1 Å². The van der Waals surface area contributed by atoms with Gasteiger partial charge in [-0.2, -0.15) is 0 Å². The third-order valence-corrected chi connectivity index (χ3v) is 26.5. The summed E-state index contributed by atoms with van der Waals surface area (Å²) in [5, 5.41) is 89.6. The molecular weight excluding hydrogens is 1760 g/mol. The van der Waals surface area contributed by atoms with E-state index in [-0.39, 0.29) is 134 Å². The van der Waals surface area contributed by atoms with Crippen molar-refractivity contribution in [1.29, 1.82) is 0 Å². The summed E-state index contributed by atoms with van der Waals surface area (Å²) in [5.74, 6) is -2.61. The number of aliphatic hydroxyl groups excluding tert-OH is 9. The molecule has 728 valence electrons. The number of unbranched alkanes of at least 4 members (excludes halogenated alkanes) is 12. The van der Waals surface area contributed by atoms with E-state index in [2.05, 4.69) is 0 Å². The van der Waals surface area contributed by atoms with Gasteiger partial charge in [0.05, 0.1) is 115 Å². The van der Waals surface area contributed by atoms with E-state index in [0.717, 1.165) is 12.8 Å². The largest absolute Gasteiger partial charge is 0.756 e. The number of aliphatic hydroxyl groups is 9. The maximum absolute atomic E-state index is 13.3. The van der Waals surface area contributed by atoms with Gasteiger partial charge >= 0.3 is 0 Å². The monoisotopic (exact) mass is 1900 g/mol. The van der Waals surface area contributed by atoms with Crippen LogP contribution in [0.1, 0.15) is 182 Å². The summed E-state index contributed by atoms with van der Waals surface area (Å²) in [6.45, 7) is -0.500. The molecule has 0 aromatic heterocycles. The van der Waals surface area contributed by atoms with Crippen molar-refractivity contribution in [2.75, 3.05) is 126 Å². The van der Waals surface area contributed by atoms with Gasteiger partial charge in [0.1, 0.15) is 62.5 Å². The molecule has 0 spiro atoms. The molecule has 29 atom stereocenters. The zero-order valence-electron chi connectivity index (χ0n) is 71.0. The zero-order chi connectivity index (χ0) is 91.1. The molecule has 6 heterocycles. The van der Waals surface area contributed by atoms with Gasteiger partial charge < -0.3 is 177 Å². The lowest BCUT2D eigenvalue weighted by atomic mass is 9.86. The van der Waals surface area contributed by atoms with Crippen molar-refractivity contribution in [2.45, 2.75) is 305 Å². The van der Waals surface area contributed by atoms with Gasteiger partial charge in [-0.3, -0.25) is 37.2 Å². The number of ether oxygens (including phenoxy) is 13. The Balaban J connectivity index is 0.902. The van der Waals surface area contributed by atoms with Crippen molar-refractivity contribution in [2.24, 2.45) is 23.7 Å². The molecule has 6 aliphatic rings. The SMILES string of the molecule is COCCCOP(=O)([O-])O[C@@H]1C[C@@H](OCCCCCCCC(=O)CO[C@@H]2OC(CO)[C@H](C)[C@H](O)C2C)OC1COP(=O)([O-])OCCCOP(=O)([O-])O[C@@H]1C[C@@H](OCCCCCCCC(=O)CO[C@@H]2OC(CO)[C@H](O)[C@H](O)C2C)OC1COP(=O)([O-])OCCCOP(=O)([O-])OC1C[C@@H](OCCCCCCCC(=O)CO[C@@H]2OC(CO)[C@H](O)[C@H](O)C2C)O[C@@H]1CO. The lowest BCUT2D eigenvalue weighted by Gasteiger charge is -2.41. The van der Waals surface area contributed by atoms with Crippen LogP contribution in [-0.4, -0.2) is 313 Å². The van der Waals surface area contributed by atoms with Crippen LogP contribution in [0.5, 0.6) is 0 Å². The molecule has 0 radical (unpaired) electrons. The Morgan fingerprint density at radius 1 is 0.306 bits per heavy atom. The second-order valence-electron chi connectivity index (χ2n) is 31.5. The van der Waals surface area contributed by atoms with Gasteiger partial charge in [-0.1, -0.05) is 85.5 Å². The summed E-state index contributed by atoms with van der Waals surface area (Å²) in [6.07, 6.45) is -14.1. The highest BCUT2D eigenvalue weighted by molar-refractivity contribution is 7.47. The summed E-state index contributed by atoms with van der Waals surface area (Å²) in [6, 6.07) is 0. The third kappa shape index (κ3) is 41.3. The number of phosphoric acid groups is 5. The highest BCUT2D eigenvalue weighted by Crippen LogP contribution is 2.49. The highest BCUT2D eigenvalue weighted by atomic mass is 31.2. The smallest absolute Gasteiger partial charge is 0.268 e. The molecule has 50 heteroatoms. The Kier molecular flexibility index (Phi) is 52.2. The van der Waals surface area contributed by atoms with Gasteiger partial charge in [-0.05, 0) is 57.8 Å². The highest BCUT2D eigenvalue weighted by Gasteiger charge is 2.47. The first-order valence-corrected chi connectivity index (χ1v) is 49.9. The number of hydrogen-bond donors (Lipinski definition) is 9. The van der Waals surface area contributed by atoms with Crippen LogP contribution in [0.25, 0.3) is 0 Å². The lowest BCUT2D eigenvalue weighted by Crippen LogP contribution is -2.55. The zero-order valence-corrected chi connectivity index (χ0v) is 75.5. The number of carbonyl (C=O) groups excluding carboxylic acids is 3. The topological polar surface area (TPSA) is 646 Å². The fourth-order valence-corrected chi connectivity index (χ4v) is 18.5. The van der Waals surface area contributed by atoms with Crippen molar-refractivity contribution in [1.82, 2.24) is 0 Å². The van der Waals surface area contributed by atoms with Crippen LogP contribution in [0.15, 0.2) is 0 Å². The van der Waals surface area contributed by atoms with Crippen LogP contribution in [0.3, 0.4) is 0 Å². The number of ketones is 3. The molecule has 14 unspecified atom stereocenters. The van der Waals surface area contributed by atoms with Gasteiger partial charge in [0.15, 0.2) is 55.1 Å². The van der Waals surface area contributed by atoms with Crippen molar-refractivity contribution in [3.8, 4) is 0 Å². The fraction of sp³-hybridized carbons (Fsp3) is 0.959. The Labute approximate surface area is 722 Å². The molecule has 0 aromatic carbocycles. The average Bonchev–Trinajstić information content (AvgIpc) is 1.43. The van der Waals surface area contributed by atoms with Gasteiger partial charge in [0.2, 0.25) is 0 Å². The van der Waals surface area contributed by atoms with Crippen molar-refractivity contribution < 1.29 is 214 Å². The molecule has 9 N–H and O–H groups in total.